The van der Waals surface area contributed by atoms with E-state index < -0.39 is 0 Å². The summed E-state index contributed by atoms with van der Waals surface area (Å²) in [5.74, 6) is 0.404. The molecule has 1 aromatic carbocycles. The predicted molar refractivity (Wildman–Crippen MR) is 63.8 cm³/mol. The van der Waals surface area contributed by atoms with Crippen LogP contribution in [-0.4, -0.2) is 4.57 Å². The van der Waals surface area contributed by atoms with Gasteiger partial charge >= 0.3 is 0 Å². The molecule has 0 saturated heterocycles. The summed E-state index contributed by atoms with van der Waals surface area (Å²) in [5, 5.41) is 16.6. The maximum absolute atomic E-state index is 8.80. The van der Waals surface area contributed by atoms with Crippen LogP contribution in [0.25, 0.3) is 5.69 Å². The minimum absolute atomic E-state index is 0.404. The third-order valence-corrected chi connectivity index (χ3v) is 3.45. The zero-order valence-corrected chi connectivity index (χ0v) is 9.85. The summed E-state index contributed by atoms with van der Waals surface area (Å²) < 4.78 is 1.73. The molecule has 2 aromatic rings. The molecule has 0 aliphatic rings. The highest BCUT2D eigenvalue weighted by Crippen LogP contribution is 2.13. The largest absolute Gasteiger partial charge is 0.293 e. The van der Waals surface area contributed by atoms with E-state index in [-0.39, 0.29) is 0 Å². The van der Waals surface area contributed by atoms with E-state index >= 15 is 0 Å². The topological polar surface area (TPSA) is 52.6 Å². The second-order valence-electron chi connectivity index (χ2n) is 3.17. The predicted octanol–water partition coefficient (Wildman–Crippen LogP) is 2.63. The number of hydrogen-bond donors (Lipinski definition) is 1. The fourth-order valence-electron chi connectivity index (χ4n) is 1.38. The zero-order valence-electron chi connectivity index (χ0n) is 8.27. The normalized spacial score (nSPS) is 10.0. The van der Waals surface area contributed by atoms with Crippen molar-refractivity contribution in [2.75, 3.05) is 0 Å². The van der Waals surface area contributed by atoms with E-state index in [1.54, 1.807) is 22.8 Å². The number of nitriles is 1. The molecule has 0 radical (unpaired) electrons. The Morgan fingerprint density at radius 3 is 2.94 bits per heavy atom. The molecule has 0 spiro atoms. The van der Waals surface area contributed by atoms with Gasteiger partial charge in [-0.25, -0.2) is 0 Å². The van der Waals surface area contributed by atoms with Gasteiger partial charge in [-0.2, -0.15) is 5.26 Å². The van der Waals surface area contributed by atoms with Crippen molar-refractivity contribution in [3.63, 3.8) is 0 Å². The highest BCUT2D eigenvalue weighted by molar-refractivity contribution is 7.09. The first kappa shape index (κ1) is 10.9. The molecule has 0 unspecified atom stereocenters. The molecule has 0 saturated carbocycles. The van der Waals surface area contributed by atoms with Gasteiger partial charge in [-0.3, -0.25) is 9.98 Å². The van der Waals surface area contributed by atoms with Crippen molar-refractivity contribution < 1.29 is 0 Å². The summed E-state index contributed by atoms with van der Waals surface area (Å²) >= 11 is 7.06. The lowest BCUT2D eigenvalue weighted by Crippen LogP contribution is -2.09. The first-order valence-corrected chi connectivity index (χ1v) is 5.92. The molecule has 1 heterocycles. The minimum Gasteiger partial charge on any atom is -0.293 e. The van der Waals surface area contributed by atoms with Gasteiger partial charge in [0.15, 0.2) is 4.80 Å². The molecule has 0 atom stereocenters. The van der Waals surface area contributed by atoms with E-state index in [9.17, 15) is 0 Å². The van der Waals surface area contributed by atoms with Gasteiger partial charge in [0, 0.05) is 16.8 Å². The summed E-state index contributed by atoms with van der Waals surface area (Å²) in [4.78, 5) is 1.35. The molecule has 0 aliphatic heterocycles. The Morgan fingerprint density at radius 1 is 1.50 bits per heavy atom. The summed E-state index contributed by atoms with van der Waals surface area (Å²) in [6.07, 6.45) is 1.83. The summed E-state index contributed by atoms with van der Waals surface area (Å²) in [6, 6.07) is 9.24. The quantitative estimate of drug-likeness (QED) is 0.818. The molecule has 5 heteroatoms. The van der Waals surface area contributed by atoms with E-state index in [0.29, 0.717) is 16.2 Å². The lowest BCUT2D eigenvalue weighted by Gasteiger charge is -2.01. The molecule has 0 fully saturated rings. The van der Waals surface area contributed by atoms with E-state index in [4.69, 9.17) is 22.3 Å². The standard InChI is InChI=1S/C11H8ClN3S/c12-5-10-7-15(11(14)16-10)9-3-1-2-8(4-9)6-13/h1-4,7,14H,5H2. The molecule has 2 rings (SSSR count). The fourth-order valence-corrected chi connectivity index (χ4v) is 2.33. The van der Waals surface area contributed by atoms with Crippen LogP contribution in [0.4, 0.5) is 0 Å². The number of aromatic nitrogens is 1. The number of rotatable bonds is 2. The van der Waals surface area contributed by atoms with Crippen LogP contribution in [-0.2, 0) is 5.88 Å². The monoisotopic (exact) mass is 249 g/mol. The Balaban J connectivity index is 2.54. The molecule has 0 amide bonds. The minimum atomic E-state index is 0.404. The number of halogens is 1. The Kier molecular flexibility index (Phi) is 3.09. The maximum atomic E-state index is 8.80. The van der Waals surface area contributed by atoms with E-state index in [0.717, 1.165) is 10.6 Å². The highest BCUT2D eigenvalue weighted by atomic mass is 35.5. The lowest BCUT2D eigenvalue weighted by molar-refractivity contribution is 0.974. The third-order valence-electron chi connectivity index (χ3n) is 2.10. The SMILES string of the molecule is N#Cc1cccc(-n2cc(CCl)sc2=N)c1. The van der Waals surface area contributed by atoms with Crippen molar-refractivity contribution in [3.8, 4) is 11.8 Å². The fraction of sp³-hybridized carbons (Fsp3) is 0.0909. The van der Waals surface area contributed by atoms with Crippen LogP contribution in [0.2, 0.25) is 0 Å². The highest BCUT2D eigenvalue weighted by Gasteiger charge is 2.03. The molecule has 0 bridgehead atoms. The number of benzene rings is 1. The summed E-state index contributed by atoms with van der Waals surface area (Å²) in [7, 11) is 0. The number of nitrogens with zero attached hydrogens (tertiary/aromatic N) is 2. The molecule has 1 N–H and O–H groups in total. The molecular formula is C11H8ClN3S. The van der Waals surface area contributed by atoms with Crippen molar-refractivity contribution in [3.05, 3.63) is 45.7 Å². The van der Waals surface area contributed by atoms with Crippen molar-refractivity contribution >= 4 is 22.9 Å². The molecule has 0 aliphatic carbocycles. The van der Waals surface area contributed by atoms with Gasteiger partial charge in [0.05, 0.1) is 17.5 Å². The van der Waals surface area contributed by atoms with E-state index in [1.807, 2.05) is 12.3 Å². The zero-order chi connectivity index (χ0) is 11.5. The van der Waals surface area contributed by atoms with Crippen LogP contribution >= 0.6 is 22.9 Å². The summed E-state index contributed by atoms with van der Waals surface area (Å²) in [5.41, 5.74) is 1.40. The maximum Gasteiger partial charge on any atom is 0.186 e. The van der Waals surface area contributed by atoms with E-state index in [2.05, 4.69) is 6.07 Å². The number of nitrogens with one attached hydrogen (secondary N) is 1. The lowest BCUT2D eigenvalue weighted by atomic mass is 10.2. The average molecular weight is 250 g/mol. The second-order valence-corrected chi connectivity index (χ2v) is 4.55. The van der Waals surface area contributed by atoms with Crippen molar-refractivity contribution in [1.29, 1.82) is 10.7 Å². The Labute approximate surface area is 102 Å². The third kappa shape index (κ3) is 2.01. The van der Waals surface area contributed by atoms with Gasteiger partial charge in [-0.05, 0) is 18.2 Å². The second kappa shape index (κ2) is 4.52. The van der Waals surface area contributed by atoms with Crippen LogP contribution in [0.3, 0.4) is 0 Å². The summed E-state index contributed by atoms with van der Waals surface area (Å²) in [6.45, 7) is 0. The van der Waals surface area contributed by atoms with E-state index in [1.165, 1.54) is 11.3 Å². The average Bonchev–Trinajstić information content (AvgIpc) is 2.71. The number of thiazole rings is 1. The van der Waals surface area contributed by atoms with Gasteiger partial charge in [0.2, 0.25) is 0 Å². The van der Waals surface area contributed by atoms with Crippen LogP contribution in [0, 0.1) is 16.7 Å². The molecule has 16 heavy (non-hydrogen) atoms. The van der Waals surface area contributed by atoms with Crippen LogP contribution in [0.5, 0.6) is 0 Å². The molecule has 80 valence electrons. The molecule has 3 nitrogen and oxygen atoms in total. The van der Waals surface area contributed by atoms with Gasteiger partial charge in [-0.15, -0.1) is 22.9 Å². The van der Waals surface area contributed by atoms with Crippen LogP contribution in [0.15, 0.2) is 30.5 Å². The van der Waals surface area contributed by atoms with Gasteiger partial charge < -0.3 is 0 Å². The van der Waals surface area contributed by atoms with Gasteiger partial charge in [0.25, 0.3) is 0 Å². The Hall–Kier alpha value is -1.57. The Morgan fingerprint density at radius 2 is 2.31 bits per heavy atom. The van der Waals surface area contributed by atoms with Crippen molar-refractivity contribution in [2.24, 2.45) is 0 Å². The van der Waals surface area contributed by atoms with Crippen molar-refractivity contribution in [1.82, 2.24) is 4.57 Å². The van der Waals surface area contributed by atoms with Gasteiger partial charge in [0.1, 0.15) is 0 Å². The Bertz CT molecular complexity index is 606. The van der Waals surface area contributed by atoms with Crippen molar-refractivity contribution in [2.45, 2.75) is 5.88 Å². The van der Waals surface area contributed by atoms with Crippen LogP contribution < -0.4 is 4.80 Å². The molecule has 1 aromatic heterocycles. The smallest absolute Gasteiger partial charge is 0.186 e. The number of alkyl halides is 1. The first-order chi connectivity index (χ1) is 7.74. The molecular weight excluding hydrogens is 242 g/mol. The van der Waals surface area contributed by atoms with Crippen LogP contribution in [0.1, 0.15) is 10.4 Å². The number of hydrogen-bond acceptors (Lipinski definition) is 3. The van der Waals surface area contributed by atoms with Gasteiger partial charge in [-0.1, -0.05) is 6.07 Å². The first-order valence-electron chi connectivity index (χ1n) is 4.57.